The number of nitrogens with two attached hydrogens (primary N) is 1. The third kappa shape index (κ3) is 3.24. The van der Waals surface area contributed by atoms with Gasteiger partial charge >= 0.3 is 0 Å². The first-order valence-electron chi connectivity index (χ1n) is 8.40. The van der Waals surface area contributed by atoms with Gasteiger partial charge in [-0.3, -0.25) is 4.79 Å². The molecule has 0 unspecified atom stereocenters. The normalized spacial score (nSPS) is 20.4. The Balaban J connectivity index is 1.44. The first kappa shape index (κ1) is 17.2. The second-order valence-corrected chi connectivity index (χ2v) is 7.69. The molecule has 0 radical (unpaired) electrons. The zero-order chi connectivity index (χ0) is 18.3. The number of anilines is 2. The van der Waals surface area contributed by atoms with Crippen LogP contribution in [0.15, 0.2) is 11.7 Å². The van der Waals surface area contributed by atoms with Crippen LogP contribution in [0, 0.1) is 12.8 Å². The van der Waals surface area contributed by atoms with Gasteiger partial charge in [-0.05, 0) is 44.2 Å². The smallest absolute Gasteiger partial charge is 0.229 e. The fraction of sp³-hybridized carbons (Fsp3) is 0.438. The predicted octanol–water partition coefficient (Wildman–Crippen LogP) is 3.20. The number of hydrogen-bond acceptors (Lipinski definition) is 7. The lowest BCUT2D eigenvalue weighted by atomic mass is 9.85. The van der Waals surface area contributed by atoms with E-state index in [1.54, 1.807) is 6.33 Å². The van der Waals surface area contributed by atoms with Crippen LogP contribution >= 0.6 is 22.9 Å². The van der Waals surface area contributed by atoms with Gasteiger partial charge < -0.3 is 15.6 Å². The van der Waals surface area contributed by atoms with E-state index >= 15 is 0 Å². The minimum Gasteiger partial charge on any atom is -0.382 e. The maximum absolute atomic E-state index is 12.5. The van der Waals surface area contributed by atoms with E-state index < -0.39 is 0 Å². The van der Waals surface area contributed by atoms with Crippen LogP contribution in [0.3, 0.4) is 0 Å². The maximum atomic E-state index is 12.5. The Morgan fingerprint density at radius 1 is 1.31 bits per heavy atom. The van der Waals surface area contributed by atoms with E-state index in [1.165, 1.54) is 11.3 Å². The highest BCUT2D eigenvalue weighted by molar-refractivity contribution is 7.13. The molecular formula is C16H18ClN7OS. The molecule has 10 heteroatoms. The van der Waals surface area contributed by atoms with Crippen molar-refractivity contribution in [3.63, 3.8) is 0 Å². The number of carbonyl (C=O) groups is 1. The largest absolute Gasteiger partial charge is 0.382 e. The van der Waals surface area contributed by atoms with Gasteiger partial charge in [-0.15, -0.1) is 11.3 Å². The standard InChI is InChI=1S/C16H18ClN7OS/c1-8-6-26-16(20-8)23-14(25)9-2-4-10(5-3-9)24-7-19-11-12(18)21-15(17)22-13(11)24/h6-7,9-10H,2-5H2,1H3,(H2,18,21,22)(H,20,23,25). The minimum absolute atomic E-state index is 0.00600. The van der Waals surface area contributed by atoms with E-state index in [2.05, 4.69) is 25.3 Å². The van der Waals surface area contributed by atoms with Gasteiger partial charge in [-0.25, -0.2) is 9.97 Å². The van der Waals surface area contributed by atoms with E-state index in [9.17, 15) is 4.79 Å². The Labute approximate surface area is 158 Å². The second-order valence-electron chi connectivity index (χ2n) is 6.49. The Morgan fingerprint density at radius 3 is 2.77 bits per heavy atom. The summed E-state index contributed by atoms with van der Waals surface area (Å²) in [4.78, 5) is 29.3. The number of amides is 1. The van der Waals surface area contributed by atoms with E-state index in [1.807, 2.05) is 16.9 Å². The molecule has 26 heavy (non-hydrogen) atoms. The molecule has 0 spiro atoms. The summed E-state index contributed by atoms with van der Waals surface area (Å²) >= 11 is 7.38. The Morgan fingerprint density at radius 2 is 2.08 bits per heavy atom. The quantitative estimate of drug-likeness (QED) is 0.663. The number of hydrogen-bond donors (Lipinski definition) is 2. The van der Waals surface area contributed by atoms with E-state index in [0.717, 1.165) is 31.4 Å². The number of thiazole rings is 1. The highest BCUT2D eigenvalue weighted by atomic mass is 35.5. The molecule has 1 amide bonds. The van der Waals surface area contributed by atoms with Crippen molar-refractivity contribution in [1.82, 2.24) is 24.5 Å². The first-order chi connectivity index (χ1) is 12.5. The number of aryl methyl sites for hydroxylation is 1. The van der Waals surface area contributed by atoms with Crippen LogP contribution in [0.4, 0.5) is 10.9 Å². The van der Waals surface area contributed by atoms with Crippen LogP contribution in [0.25, 0.3) is 11.2 Å². The van der Waals surface area contributed by atoms with Crippen LogP contribution in [-0.2, 0) is 4.79 Å². The molecule has 1 aliphatic carbocycles. The lowest BCUT2D eigenvalue weighted by molar-refractivity contribution is -0.120. The average molecular weight is 392 g/mol. The number of carbonyl (C=O) groups excluding carboxylic acids is 1. The number of fused-ring (bicyclic) bond motifs is 1. The molecule has 3 heterocycles. The Kier molecular flexibility index (Phi) is 4.49. The van der Waals surface area contributed by atoms with Gasteiger partial charge in [0.15, 0.2) is 16.6 Å². The topological polar surface area (TPSA) is 112 Å². The zero-order valence-electron chi connectivity index (χ0n) is 14.1. The summed E-state index contributed by atoms with van der Waals surface area (Å²) in [6, 6.07) is 0.219. The van der Waals surface area contributed by atoms with Crippen molar-refractivity contribution >= 4 is 51.0 Å². The van der Waals surface area contributed by atoms with Crippen molar-refractivity contribution in [1.29, 1.82) is 0 Å². The van der Waals surface area contributed by atoms with Crippen LogP contribution in [0.1, 0.15) is 37.4 Å². The van der Waals surface area contributed by atoms with Crippen LogP contribution < -0.4 is 11.1 Å². The fourth-order valence-corrected chi connectivity index (χ4v) is 4.28. The van der Waals surface area contributed by atoms with Crippen LogP contribution in [-0.4, -0.2) is 30.4 Å². The van der Waals surface area contributed by atoms with Crippen LogP contribution in [0.2, 0.25) is 5.28 Å². The molecule has 136 valence electrons. The van der Waals surface area contributed by atoms with Gasteiger partial charge in [0.25, 0.3) is 0 Å². The maximum Gasteiger partial charge on any atom is 0.229 e. The fourth-order valence-electron chi connectivity index (χ4n) is 3.41. The molecule has 1 saturated carbocycles. The SMILES string of the molecule is Cc1csc(NC(=O)C2CCC(n3cnc4c(N)nc(Cl)nc43)CC2)n1. The van der Waals surface area contributed by atoms with Gasteiger partial charge in [-0.2, -0.15) is 9.97 Å². The summed E-state index contributed by atoms with van der Waals surface area (Å²) in [5, 5.41) is 5.63. The van der Waals surface area contributed by atoms with Gasteiger partial charge in [0.2, 0.25) is 11.2 Å². The zero-order valence-corrected chi connectivity index (χ0v) is 15.7. The Bertz CT molecular complexity index is 961. The van der Waals surface area contributed by atoms with Crippen molar-refractivity contribution in [2.45, 2.75) is 38.6 Å². The third-order valence-electron chi connectivity index (χ3n) is 4.73. The van der Waals surface area contributed by atoms with Gasteiger partial charge in [0.05, 0.1) is 12.0 Å². The molecule has 0 atom stereocenters. The summed E-state index contributed by atoms with van der Waals surface area (Å²) < 4.78 is 2.00. The van der Waals surface area contributed by atoms with Crippen molar-refractivity contribution in [3.05, 3.63) is 22.7 Å². The number of rotatable bonds is 3. The summed E-state index contributed by atoms with van der Waals surface area (Å²) in [6.45, 7) is 1.91. The number of aromatic nitrogens is 5. The molecule has 1 fully saturated rings. The molecule has 3 aromatic rings. The Hall–Kier alpha value is -2.26. The minimum atomic E-state index is -0.00600. The highest BCUT2D eigenvalue weighted by Crippen LogP contribution is 2.35. The summed E-state index contributed by atoms with van der Waals surface area (Å²) in [6.07, 6.45) is 5.06. The molecule has 0 saturated heterocycles. The summed E-state index contributed by atoms with van der Waals surface area (Å²) in [5.41, 5.74) is 8.00. The number of nitrogens with one attached hydrogen (secondary N) is 1. The number of nitrogens with zero attached hydrogens (tertiary/aromatic N) is 5. The summed E-state index contributed by atoms with van der Waals surface area (Å²) in [7, 11) is 0. The predicted molar refractivity (Wildman–Crippen MR) is 101 cm³/mol. The number of halogens is 1. The highest BCUT2D eigenvalue weighted by Gasteiger charge is 2.29. The summed E-state index contributed by atoms with van der Waals surface area (Å²) in [5.74, 6) is 0.321. The number of imidazole rings is 1. The average Bonchev–Trinajstić information content (AvgIpc) is 3.21. The molecule has 0 aliphatic heterocycles. The molecule has 3 aromatic heterocycles. The molecule has 3 N–H and O–H groups in total. The lowest BCUT2D eigenvalue weighted by Crippen LogP contribution is -2.28. The molecule has 8 nitrogen and oxygen atoms in total. The van der Waals surface area contributed by atoms with Crippen molar-refractivity contribution in [3.8, 4) is 0 Å². The molecule has 1 aliphatic rings. The lowest BCUT2D eigenvalue weighted by Gasteiger charge is -2.28. The van der Waals surface area contributed by atoms with E-state index in [4.69, 9.17) is 17.3 Å². The monoisotopic (exact) mass is 391 g/mol. The molecule has 0 aromatic carbocycles. The second kappa shape index (κ2) is 6.81. The van der Waals surface area contributed by atoms with Crippen molar-refractivity contribution in [2.75, 3.05) is 11.1 Å². The molecular weight excluding hydrogens is 374 g/mol. The first-order valence-corrected chi connectivity index (χ1v) is 9.65. The van der Waals surface area contributed by atoms with Crippen LogP contribution in [0.5, 0.6) is 0 Å². The molecule has 4 rings (SSSR count). The van der Waals surface area contributed by atoms with Gasteiger partial charge in [0, 0.05) is 17.3 Å². The van der Waals surface area contributed by atoms with Crippen molar-refractivity contribution in [2.24, 2.45) is 5.92 Å². The number of nitrogen functional groups attached to an aromatic ring is 1. The molecule has 0 bridgehead atoms. The van der Waals surface area contributed by atoms with E-state index in [0.29, 0.717) is 16.3 Å². The third-order valence-corrected chi connectivity index (χ3v) is 5.78. The van der Waals surface area contributed by atoms with Gasteiger partial charge in [-0.1, -0.05) is 0 Å². The van der Waals surface area contributed by atoms with E-state index in [-0.39, 0.29) is 29.0 Å². The van der Waals surface area contributed by atoms with Crippen molar-refractivity contribution < 1.29 is 4.79 Å². The van der Waals surface area contributed by atoms with Gasteiger partial charge in [0.1, 0.15) is 5.52 Å².